The summed E-state index contributed by atoms with van der Waals surface area (Å²) in [4.78, 5) is 25.3. The van der Waals surface area contributed by atoms with Crippen molar-refractivity contribution in [3.05, 3.63) is 53.8 Å². The van der Waals surface area contributed by atoms with E-state index >= 15 is 0 Å². The monoisotopic (exact) mass is 338 g/mol. The fourth-order valence-electron chi connectivity index (χ4n) is 2.50. The van der Waals surface area contributed by atoms with Crippen LogP contribution >= 0.6 is 0 Å². The van der Waals surface area contributed by atoms with Gasteiger partial charge in [-0.1, -0.05) is 12.1 Å². The zero-order chi connectivity index (χ0) is 17.5. The lowest BCUT2D eigenvalue weighted by Crippen LogP contribution is -2.30. The lowest BCUT2D eigenvalue weighted by molar-refractivity contribution is -0.151. The Bertz CT molecular complexity index is 833. The van der Waals surface area contributed by atoms with Gasteiger partial charge in [-0.25, -0.2) is 4.39 Å². The molecule has 0 aromatic heterocycles. The van der Waals surface area contributed by atoms with Crippen molar-refractivity contribution in [1.82, 2.24) is 0 Å². The van der Waals surface area contributed by atoms with Gasteiger partial charge in [0.15, 0.2) is 0 Å². The molecule has 0 radical (unpaired) electrons. The maximum Gasteiger partial charge on any atom is 0.397 e. The third-order valence-corrected chi connectivity index (χ3v) is 3.44. The number of nitrogens with one attached hydrogen (secondary N) is 1. The van der Waals surface area contributed by atoms with E-state index in [1.807, 2.05) is 0 Å². The largest absolute Gasteiger partial charge is 0.397 e. The highest BCUT2D eigenvalue weighted by atomic mass is 19.4. The van der Waals surface area contributed by atoms with E-state index in [9.17, 15) is 27.2 Å². The fourth-order valence-corrected chi connectivity index (χ4v) is 2.50. The summed E-state index contributed by atoms with van der Waals surface area (Å²) < 4.78 is 51.5. The van der Waals surface area contributed by atoms with Gasteiger partial charge < -0.3 is 5.32 Å². The summed E-state index contributed by atoms with van der Waals surface area (Å²) in [6, 6.07) is 8.90. The van der Waals surface area contributed by atoms with Crippen molar-refractivity contribution < 1.29 is 27.2 Å². The van der Waals surface area contributed by atoms with Crippen LogP contribution in [0.4, 0.5) is 34.6 Å². The second-order valence-corrected chi connectivity index (χ2v) is 5.15. The van der Waals surface area contributed by atoms with E-state index in [0.29, 0.717) is 0 Å². The Morgan fingerprint density at radius 2 is 1.79 bits per heavy atom. The number of rotatable bonds is 1. The van der Waals surface area contributed by atoms with Crippen LogP contribution in [0.2, 0.25) is 0 Å². The van der Waals surface area contributed by atoms with E-state index in [-0.39, 0.29) is 22.6 Å². The van der Waals surface area contributed by atoms with E-state index in [0.717, 1.165) is 23.1 Å². The van der Waals surface area contributed by atoms with Gasteiger partial charge in [-0.2, -0.15) is 13.2 Å². The number of carbonyl (C=O) groups excluding carboxylic acids is 2. The second kappa shape index (κ2) is 5.63. The van der Waals surface area contributed by atoms with Crippen LogP contribution in [0.25, 0.3) is 0 Å². The molecule has 4 nitrogen and oxygen atoms in total. The number of benzene rings is 2. The lowest BCUT2D eigenvalue weighted by Gasteiger charge is -2.24. The van der Waals surface area contributed by atoms with Crippen molar-refractivity contribution in [3.63, 3.8) is 0 Å². The molecule has 1 heterocycles. The first-order chi connectivity index (χ1) is 11.3. The number of para-hydroxylation sites is 2. The minimum Gasteiger partial charge on any atom is -0.320 e. The van der Waals surface area contributed by atoms with Gasteiger partial charge in [0, 0.05) is 0 Å². The quantitative estimate of drug-likeness (QED) is 0.799. The smallest absolute Gasteiger partial charge is 0.320 e. The van der Waals surface area contributed by atoms with Gasteiger partial charge >= 0.3 is 6.18 Å². The second-order valence-electron chi connectivity index (χ2n) is 5.15. The molecule has 2 aromatic carbocycles. The number of amides is 2. The number of carbonyl (C=O) groups is 2. The lowest BCUT2D eigenvalue weighted by atomic mass is 10.1. The number of hydrogen-bond donors (Lipinski definition) is 1. The SMILES string of the molecule is O=C1Nc2ccccc2N(C(=O)CC(F)(F)F)c2ccc(F)cc21. The summed E-state index contributed by atoms with van der Waals surface area (Å²) >= 11 is 0. The van der Waals surface area contributed by atoms with Crippen LogP contribution in [0.1, 0.15) is 16.8 Å². The van der Waals surface area contributed by atoms with Crippen LogP contribution in [0.3, 0.4) is 0 Å². The number of alkyl halides is 3. The predicted octanol–water partition coefficient (Wildman–Crippen LogP) is 4.01. The van der Waals surface area contributed by atoms with E-state index in [4.69, 9.17) is 0 Å². The first-order valence-electron chi connectivity index (χ1n) is 6.86. The van der Waals surface area contributed by atoms with Crippen LogP contribution in [-0.4, -0.2) is 18.0 Å². The summed E-state index contributed by atoms with van der Waals surface area (Å²) in [5, 5.41) is 2.47. The van der Waals surface area contributed by atoms with E-state index < -0.39 is 30.2 Å². The molecule has 8 heteroatoms. The number of nitrogens with zero attached hydrogens (tertiary/aromatic N) is 1. The Hall–Kier alpha value is -2.90. The Kier molecular flexibility index (Phi) is 3.75. The highest BCUT2D eigenvalue weighted by Crippen LogP contribution is 2.39. The van der Waals surface area contributed by atoms with E-state index in [1.165, 1.54) is 18.2 Å². The molecule has 1 aliphatic rings. The van der Waals surface area contributed by atoms with Gasteiger partial charge in [0.2, 0.25) is 5.91 Å². The van der Waals surface area contributed by atoms with Crippen molar-refractivity contribution in [2.75, 3.05) is 10.2 Å². The molecule has 0 unspecified atom stereocenters. The predicted molar refractivity (Wildman–Crippen MR) is 78.6 cm³/mol. The average molecular weight is 338 g/mol. The Morgan fingerprint density at radius 1 is 1.08 bits per heavy atom. The van der Waals surface area contributed by atoms with Crippen molar-refractivity contribution in [2.24, 2.45) is 0 Å². The number of anilines is 3. The fraction of sp³-hybridized carbons (Fsp3) is 0.125. The molecule has 24 heavy (non-hydrogen) atoms. The summed E-state index contributed by atoms with van der Waals surface area (Å²) in [6.07, 6.45) is -6.41. The topological polar surface area (TPSA) is 49.4 Å². The molecule has 0 fully saturated rings. The molecular weight excluding hydrogens is 328 g/mol. The minimum atomic E-state index is -4.71. The molecule has 2 amide bonds. The van der Waals surface area contributed by atoms with Gasteiger partial charge in [-0.05, 0) is 30.3 Å². The molecule has 0 atom stereocenters. The van der Waals surface area contributed by atoms with Crippen molar-refractivity contribution in [2.45, 2.75) is 12.6 Å². The normalized spacial score (nSPS) is 13.7. The van der Waals surface area contributed by atoms with Gasteiger partial charge in [0.1, 0.15) is 12.2 Å². The van der Waals surface area contributed by atoms with E-state index in [2.05, 4.69) is 5.32 Å². The first kappa shape index (κ1) is 16.0. The highest BCUT2D eigenvalue weighted by Gasteiger charge is 2.37. The van der Waals surface area contributed by atoms with Crippen molar-refractivity contribution in [1.29, 1.82) is 0 Å². The summed E-state index contributed by atoms with van der Waals surface area (Å²) in [6.45, 7) is 0. The molecule has 3 rings (SSSR count). The molecule has 0 spiro atoms. The Morgan fingerprint density at radius 3 is 2.50 bits per heavy atom. The highest BCUT2D eigenvalue weighted by molar-refractivity contribution is 6.17. The average Bonchev–Trinajstić information content (AvgIpc) is 2.60. The zero-order valence-electron chi connectivity index (χ0n) is 12.0. The molecule has 1 N–H and O–H groups in total. The van der Waals surface area contributed by atoms with Crippen LogP contribution in [0.15, 0.2) is 42.5 Å². The Labute approximate surface area is 133 Å². The van der Waals surface area contributed by atoms with E-state index in [1.54, 1.807) is 6.07 Å². The van der Waals surface area contributed by atoms with Crippen LogP contribution in [0.5, 0.6) is 0 Å². The van der Waals surface area contributed by atoms with Gasteiger partial charge in [0.05, 0.1) is 22.6 Å². The molecule has 0 bridgehead atoms. The third-order valence-electron chi connectivity index (χ3n) is 3.44. The van der Waals surface area contributed by atoms with Crippen LogP contribution < -0.4 is 10.2 Å². The first-order valence-corrected chi connectivity index (χ1v) is 6.86. The minimum absolute atomic E-state index is 0.0884. The van der Waals surface area contributed by atoms with Gasteiger partial charge in [-0.15, -0.1) is 0 Å². The molecular formula is C16H10F4N2O2. The van der Waals surface area contributed by atoms with Gasteiger partial charge in [0.25, 0.3) is 5.91 Å². The van der Waals surface area contributed by atoms with Crippen molar-refractivity contribution >= 4 is 28.9 Å². The molecule has 1 aliphatic heterocycles. The molecule has 0 saturated carbocycles. The Balaban J connectivity index is 2.20. The van der Waals surface area contributed by atoms with Crippen LogP contribution in [0, 0.1) is 5.82 Å². The molecule has 0 aliphatic carbocycles. The van der Waals surface area contributed by atoms with Gasteiger partial charge in [-0.3, -0.25) is 14.5 Å². The number of halogens is 4. The van der Waals surface area contributed by atoms with Crippen molar-refractivity contribution in [3.8, 4) is 0 Å². The summed E-state index contributed by atoms with van der Waals surface area (Å²) in [7, 11) is 0. The summed E-state index contributed by atoms with van der Waals surface area (Å²) in [5.41, 5.74) is -0.0742. The molecule has 124 valence electrons. The molecule has 2 aromatic rings. The number of fused-ring (bicyclic) bond motifs is 2. The zero-order valence-corrected chi connectivity index (χ0v) is 12.0. The molecule has 0 saturated heterocycles. The summed E-state index contributed by atoms with van der Waals surface area (Å²) in [5.74, 6) is -2.71. The standard InChI is InChI=1S/C16H10F4N2O2/c17-9-5-6-12-10(7-9)15(24)21-11-3-1-2-4-13(11)22(12)14(23)8-16(18,19)20/h1-7H,8H2,(H,21,24). The number of hydrogen-bond acceptors (Lipinski definition) is 2. The maximum atomic E-state index is 13.5. The third kappa shape index (κ3) is 2.94. The maximum absolute atomic E-state index is 13.5. The van der Waals surface area contributed by atoms with Crippen LogP contribution in [-0.2, 0) is 4.79 Å².